The van der Waals surface area contributed by atoms with E-state index in [4.69, 9.17) is 0 Å². The average Bonchev–Trinajstić information content (AvgIpc) is 2.11. The zero-order valence-electron chi connectivity index (χ0n) is 11.6. The van der Waals surface area contributed by atoms with Gasteiger partial charge in [0.05, 0.1) is 0 Å². The third-order valence-corrected chi connectivity index (χ3v) is 3.39. The van der Waals surface area contributed by atoms with E-state index in [9.17, 15) is 13.2 Å². The van der Waals surface area contributed by atoms with Crippen LogP contribution in [0.3, 0.4) is 0 Å². The van der Waals surface area contributed by atoms with Crippen molar-refractivity contribution < 1.29 is 13.2 Å². The van der Waals surface area contributed by atoms with Crippen LogP contribution in [-0.2, 0) is 0 Å². The van der Waals surface area contributed by atoms with Crippen LogP contribution in [0.2, 0.25) is 0 Å². The maximum absolute atomic E-state index is 12.2. The second-order valence-corrected chi connectivity index (χ2v) is 5.91. The standard InChI is InChI=1S/C13H26F3N/c1-6-17-11(7-8-13(14,15)16)9-10(2)12(3,4)5/h10-11,17H,6-9H2,1-5H3. The molecule has 4 heteroatoms. The first-order valence-electron chi connectivity index (χ1n) is 6.36. The molecule has 0 aliphatic heterocycles. The summed E-state index contributed by atoms with van der Waals surface area (Å²) in [4.78, 5) is 0. The molecule has 0 radical (unpaired) electrons. The summed E-state index contributed by atoms with van der Waals surface area (Å²) in [5.41, 5.74) is 0.145. The largest absolute Gasteiger partial charge is 0.389 e. The molecule has 0 aromatic carbocycles. The van der Waals surface area contributed by atoms with E-state index in [0.29, 0.717) is 5.92 Å². The molecule has 1 nitrogen and oxygen atoms in total. The van der Waals surface area contributed by atoms with Gasteiger partial charge in [0.2, 0.25) is 0 Å². The van der Waals surface area contributed by atoms with Crippen molar-refractivity contribution in [3.05, 3.63) is 0 Å². The van der Waals surface area contributed by atoms with Gasteiger partial charge >= 0.3 is 6.18 Å². The summed E-state index contributed by atoms with van der Waals surface area (Å²) >= 11 is 0. The van der Waals surface area contributed by atoms with Crippen molar-refractivity contribution in [1.82, 2.24) is 5.32 Å². The molecule has 104 valence electrons. The Bertz CT molecular complexity index is 206. The van der Waals surface area contributed by atoms with Gasteiger partial charge in [-0.05, 0) is 30.7 Å². The monoisotopic (exact) mass is 253 g/mol. The van der Waals surface area contributed by atoms with Crippen molar-refractivity contribution in [2.45, 2.75) is 66.1 Å². The highest BCUT2D eigenvalue weighted by Crippen LogP contribution is 2.31. The highest BCUT2D eigenvalue weighted by molar-refractivity contribution is 4.77. The van der Waals surface area contributed by atoms with Gasteiger partial charge in [0.15, 0.2) is 0 Å². The first-order valence-corrected chi connectivity index (χ1v) is 6.36. The first kappa shape index (κ1) is 16.8. The highest BCUT2D eigenvalue weighted by atomic mass is 19.4. The van der Waals surface area contributed by atoms with E-state index in [1.165, 1.54) is 0 Å². The predicted molar refractivity (Wildman–Crippen MR) is 66.0 cm³/mol. The quantitative estimate of drug-likeness (QED) is 0.740. The third-order valence-electron chi connectivity index (χ3n) is 3.39. The Morgan fingerprint density at radius 2 is 1.65 bits per heavy atom. The number of rotatable bonds is 6. The minimum atomic E-state index is -4.04. The summed E-state index contributed by atoms with van der Waals surface area (Å²) < 4.78 is 36.6. The summed E-state index contributed by atoms with van der Waals surface area (Å²) in [6, 6.07) is -0.0316. The molecule has 0 heterocycles. The van der Waals surface area contributed by atoms with Crippen LogP contribution >= 0.6 is 0 Å². The number of nitrogens with one attached hydrogen (secondary N) is 1. The Morgan fingerprint density at radius 1 is 1.12 bits per heavy atom. The molecule has 0 aromatic rings. The van der Waals surface area contributed by atoms with Gasteiger partial charge in [-0.2, -0.15) is 13.2 Å². The summed E-state index contributed by atoms with van der Waals surface area (Å²) in [6.07, 6.45) is -3.76. The van der Waals surface area contributed by atoms with E-state index >= 15 is 0 Å². The molecule has 0 rings (SSSR count). The van der Waals surface area contributed by atoms with E-state index in [-0.39, 0.29) is 17.9 Å². The molecular formula is C13H26F3N. The molecule has 1 N–H and O–H groups in total. The molecule has 0 aliphatic carbocycles. The molecule has 0 amide bonds. The average molecular weight is 253 g/mol. The lowest BCUT2D eigenvalue weighted by Gasteiger charge is -2.31. The van der Waals surface area contributed by atoms with E-state index < -0.39 is 12.6 Å². The molecule has 0 fully saturated rings. The van der Waals surface area contributed by atoms with Crippen LogP contribution in [0, 0.1) is 11.3 Å². The fraction of sp³-hybridized carbons (Fsp3) is 1.00. The van der Waals surface area contributed by atoms with Gasteiger partial charge in [0, 0.05) is 12.5 Å². The topological polar surface area (TPSA) is 12.0 Å². The maximum atomic E-state index is 12.2. The van der Waals surface area contributed by atoms with Crippen molar-refractivity contribution >= 4 is 0 Å². The molecule has 2 unspecified atom stereocenters. The van der Waals surface area contributed by atoms with Gasteiger partial charge in [0.1, 0.15) is 0 Å². The van der Waals surface area contributed by atoms with Gasteiger partial charge in [0.25, 0.3) is 0 Å². The maximum Gasteiger partial charge on any atom is 0.389 e. The third kappa shape index (κ3) is 8.47. The first-order chi connectivity index (χ1) is 7.56. The van der Waals surface area contributed by atoms with Crippen molar-refractivity contribution in [3.63, 3.8) is 0 Å². The zero-order chi connectivity index (χ0) is 13.7. The van der Waals surface area contributed by atoms with Gasteiger partial charge < -0.3 is 5.32 Å². The molecule has 0 aromatic heterocycles. The van der Waals surface area contributed by atoms with Crippen LogP contribution < -0.4 is 5.32 Å². The lowest BCUT2D eigenvalue weighted by Crippen LogP contribution is -2.34. The summed E-state index contributed by atoms with van der Waals surface area (Å²) in [7, 11) is 0. The minimum Gasteiger partial charge on any atom is -0.314 e. The fourth-order valence-electron chi connectivity index (χ4n) is 1.71. The number of hydrogen-bond donors (Lipinski definition) is 1. The molecule has 2 atom stereocenters. The van der Waals surface area contributed by atoms with Crippen molar-refractivity contribution in [1.29, 1.82) is 0 Å². The van der Waals surface area contributed by atoms with E-state index in [1.807, 2.05) is 6.92 Å². The molecule has 0 aliphatic rings. The lowest BCUT2D eigenvalue weighted by molar-refractivity contribution is -0.136. The number of halogens is 3. The van der Waals surface area contributed by atoms with Gasteiger partial charge in [-0.15, -0.1) is 0 Å². The Balaban J connectivity index is 4.24. The van der Waals surface area contributed by atoms with Crippen LogP contribution in [0.25, 0.3) is 0 Å². The normalized spacial score (nSPS) is 16.9. The zero-order valence-corrected chi connectivity index (χ0v) is 11.6. The Labute approximate surface area is 103 Å². The Morgan fingerprint density at radius 3 is 2.00 bits per heavy atom. The second-order valence-electron chi connectivity index (χ2n) is 5.91. The van der Waals surface area contributed by atoms with Crippen LogP contribution in [0.15, 0.2) is 0 Å². The SMILES string of the molecule is CCNC(CCC(F)(F)F)CC(C)C(C)(C)C. The van der Waals surface area contributed by atoms with Crippen molar-refractivity contribution in [2.24, 2.45) is 11.3 Å². The minimum absolute atomic E-state index is 0.0316. The molecular weight excluding hydrogens is 227 g/mol. The molecule has 0 bridgehead atoms. The van der Waals surface area contributed by atoms with Crippen LogP contribution in [0.5, 0.6) is 0 Å². The van der Waals surface area contributed by atoms with Gasteiger partial charge in [-0.25, -0.2) is 0 Å². The Kier molecular flexibility index (Phi) is 6.52. The van der Waals surface area contributed by atoms with Crippen LogP contribution in [0.1, 0.15) is 53.9 Å². The summed E-state index contributed by atoms with van der Waals surface area (Å²) in [5, 5.41) is 3.16. The lowest BCUT2D eigenvalue weighted by atomic mass is 9.78. The fourth-order valence-corrected chi connectivity index (χ4v) is 1.71. The highest BCUT2D eigenvalue weighted by Gasteiger charge is 2.30. The number of alkyl halides is 3. The molecule has 17 heavy (non-hydrogen) atoms. The second kappa shape index (κ2) is 6.62. The molecule has 0 saturated carbocycles. The van der Waals surface area contributed by atoms with Gasteiger partial charge in [-0.3, -0.25) is 0 Å². The van der Waals surface area contributed by atoms with E-state index in [2.05, 4.69) is 33.0 Å². The van der Waals surface area contributed by atoms with Gasteiger partial charge in [-0.1, -0.05) is 34.6 Å². The summed E-state index contributed by atoms with van der Waals surface area (Å²) in [5.74, 6) is 0.403. The smallest absolute Gasteiger partial charge is 0.314 e. The van der Waals surface area contributed by atoms with Crippen molar-refractivity contribution in [2.75, 3.05) is 6.54 Å². The van der Waals surface area contributed by atoms with Crippen molar-refractivity contribution in [3.8, 4) is 0 Å². The predicted octanol–water partition coefficient (Wildman–Crippen LogP) is 4.38. The summed E-state index contributed by atoms with van der Waals surface area (Å²) in [6.45, 7) is 11.2. The van der Waals surface area contributed by atoms with E-state index in [1.54, 1.807) is 0 Å². The van der Waals surface area contributed by atoms with E-state index in [0.717, 1.165) is 13.0 Å². The Hall–Kier alpha value is -0.250. The van der Waals surface area contributed by atoms with Crippen LogP contribution in [-0.4, -0.2) is 18.8 Å². The van der Waals surface area contributed by atoms with Crippen LogP contribution in [0.4, 0.5) is 13.2 Å². The molecule has 0 spiro atoms. The molecule has 0 saturated heterocycles. The number of hydrogen-bond acceptors (Lipinski definition) is 1.